The van der Waals surface area contributed by atoms with E-state index in [0.29, 0.717) is 6.04 Å². The van der Waals surface area contributed by atoms with Gasteiger partial charge in [-0.15, -0.1) is 0 Å². The maximum absolute atomic E-state index is 11.2. The number of carboxylic acids is 1. The minimum atomic E-state index is -0.637. The average molecular weight is 199 g/mol. The van der Waals surface area contributed by atoms with Gasteiger partial charge in [-0.2, -0.15) is 0 Å². The number of likely N-dealkylation sites (tertiary alicyclic amines) is 1. The van der Waals surface area contributed by atoms with Crippen molar-refractivity contribution < 1.29 is 9.90 Å². The number of carboxylic acid groups (broad SMARTS) is 1. The first-order valence-electron chi connectivity index (χ1n) is 5.53. The van der Waals surface area contributed by atoms with Gasteiger partial charge in [0.15, 0.2) is 0 Å². The van der Waals surface area contributed by atoms with Crippen molar-refractivity contribution in [3.63, 3.8) is 0 Å². The summed E-state index contributed by atoms with van der Waals surface area (Å²) in [6.45, 7) is 7.90. The summed E-state index contributed by atoms with van der Waals surface area (Å²) in [5.41, 5.74) is -0.519. The van der Waals surface area contributed by atoms with E-state index >= 15 is 0 Å². The molecule has 0 saturated carbocycles. The Balaban J connectivity index is 2.63. The van der Waals surface area contributed by atoms with Gasteiger partial charge in [-0.25, -0.2) is 0 Å². The second-order valence-corrected chi connectivity index (χ2v) is 4.40. The molecule has 0 spiro atoms. The van der Waals surface area contributed by atoms with E-state index in [4.69, 9.17) is 0 Å². The van der Waals surface area contributed by atoms with Gasteiger partial charge in [0.05, 0.1) is 5.41 Å². The van der Waals surface area contributed by atoms with Gasteiger partial charge in [-0.3, -0.25) is 9.69 Å². The van der Waals surface area contributed by atoms with E-state index < -0.39 is 11.4 Å². The zero-order chi connectivity index (χ0) is 10.8. The summed E-state index contributed by atoms with van der Waals surface area (Å²) in [5.74, 6) is -0.637. The number of rotatable bonds is 5. The average Bonchev–Trinajstić information content (AvgIpc) is 2.17. The van der Waals surface area contributed by atoms with Crippen LogP contribution in [0.4, 0.5) is 0 Å². The number of carbonyl (C=O) groups is 1. The second kappa shape index (κ2) is 4.30. The molecule has 1 fully saturated rings. The minimum Gasteiger partial charge on any atom is -0.481 e. The van der Waals surface area contributed by atoms with Crippen LogP contribution in [0.3, 0.4) is 0 Å². The smallest absolute Gasteiger partial charge is 0.310 e. The van der Waals surface area contributed by atoms with E-state index in [2.05, 4.69) is 11.8 Å². The van der Waals surface area contributed by atoms with E-state index in [9.17, 15) is 9.90 Å². The van der Waals surface area contributed by atoms with E-state index in [-0.39, 0.29) is 0 Å². The SMILES string of the molecule is CCC(CC)(CN1CCC1C)C(=O)O. The molecular weight excluding hydrogens is 178 g/mol. The lowest BCUT2D eigenvalue weighted by molar-refractivity contribution is -0.152. The zero-order valence-corrected chi connectivity index (χ0v) is 9.42. The molecule has 0 bridgehead atoms. The molecule has 1 aliphatic heterocycles. The largest absolute Gasteiger partial charge is 0.481 e. The number of hydrogen-bond acceptors (Lipinski definition) is 2. The molecule has 1 heterocycles. The third-order valence-corrected chi connectivity index (χ3v) is 3.77. The summed E-state index contributed by atoms with van der Waals surface area (Å²) >= 11 is 0. The Kier molecular flexibility index (Phi) is 3.53. The Morgan fingerprint density at radius 3 is 2.29 bits per heavy atom. The van der Waals surface area contributed by atoms with Gasteiger partial charge >= 0.3 is 5.97 Å². The van der Waals surface area contributed by atoms with Gasteiger partial charge in [-0.05, 0) is 32.7 Å². The maximum Gasteiger partial charge on any atom is 0.310 e. The topological polar surface area (TPSA) is 40.5 Å². The Bertz CT molecular complexity index is 211. The summed E-state index contributed by atoms with van der Waals surface area (Å²) in [7, 11) is 0. The monoisotopic (exact) mass is 199 g/mol. The van der Waals surface area contributed by atoms with Crippen LogP contribution in [0.25, 0.3) is 0 Å². The van der Waals surface area contributed by atoms with Crippen LogP contribution >= 0.6 is 0 Å². The first-order valence-corrected chi connectivity index (χ1v) is 5.53. The molecule has 1 saturated heterocycles. The molecule has 14 heavy (non-hydrogen) atoms. The fourth-order valence-corrected chi connectivity index (χ4v) is 2.04. The van der Waals surface area contributed by atoms with Crippen molar-refractivity contribution in [3.8, 4) is 0 Å². The Labute approximate surface area is 86.1 Å². The quantitative estimate of drug-likeness (QED) is 0.736. The summed E-state index contributed by atoms with van der Waals surface area (Å²) in [5, 5.41) is 9.25. The van der Waals surface area contributed by atoms with Crippen LogP contribution < -0.4 is 0 Å². The molecule has 3 nitrogen and oxygen atoms in total. The Morgan fingerprint density at radius 1 is 1.50 bits per heavy atom. The van der Waals surface area contributed by atoms with Crippen LogP contribution in [0.1, 0.15) is 40.0 Å². The summed E-state index contributed by atoms with van der Waals surface area (Å²) in [6, 6.07) is 0.576. The molecule has 0 aromatic rings. The Morgan fingerprint density at radius 2 is 2.07 bits per heavy atom. The minimum absolute atomic E-state index is 0.519. The molecule has 1 unspecified atom stereocenters. The van der Waals surface area contributed by atoms with Crippen LogP contribution in [0.5, 0.6) is 0 Å². The van der Waals surface area contributed by atoms with Crippen LogP contribution in [0, 0.1) is 5.41 Å². The fourth-order valence-electron chi connectivity index (χ4n) is 2.04. The molecule has 0 aromatic carbocycles. The number of hydrogen-bond donors (Lipinski definition) is 1. The second-order valence-electron chi connectivity index (χ2n) is 4.40. The van der Waals surface area contributed by atoms with Crippen molar-refractivity contribution in [3.05, 3.63) is 0 Å². The standard InChI is InChI=1S/C11H21NO2/c1-4-11(5-2,10(13)14)8-12-7-6-9(12)3/h9H,4-8H2,1-3H3,(H,13,14). The number of aliphatic carboxylic acids is 1. The van der Waals surface area contributed by atoms with Gasteiger partial charge in [0, 0.05) is 12.6 Å². The molecule has 0 aliphatic carbocycles. The third kappa shape index (κ3) is 1.92. The summed E-state index contributed by atoms with van der Waals surface area (Å²) in [4.78, 5) is 13.5. The van der Waals surface area contributed by atoms with Crippen molar-refractivity contribution in [1.82, 2.24) is 4.90 Å². The van der Waals surface area contributed by atoms with E-state index in [1.54, 1.807) is 0 Å². The molecule has 0 amide bonds. The lowest BCUT2D eigenvalue weighted by Gasteiger charge is -2.43. The van der Waals surface area contributed by atoms with Crippen molar-refractivity contribution in [2.24, 2.45) is 5.41 Å². The lowest BCUT2D eigenvalue weighted by Crippen LogP contribution is -2.52. The number of nitrogens with zero attached hydrogens (tertiary/aromatic N) is 1. The highest BCUT2D eigenvalue weighted by Crippen LogP contribution is 2.31. The van der Waals surface area contributed by atoms with Gasteiger partial charge in [0.2, 0.25) is 0 Å². The van der Waals surface area contributed by atoms with Gasteiger partial charge in [0.1, 0.15) is 0 Å². The molecule has 82 valence electrons. The molecule has 1 aliphatic rings. The molecule has 0 radical (unpaired) electrons. The predicted octanol–water partition coefficient (Wildman–Crippen LogP) is 1.97. The lowest BCUT2D eigenvalue weighted by atomic mass is 9.80. The maximum atomic E-state index is 11.2. The molecule has 1 atom stereocenters. The van der Waals surface area contributed by atoms with Gasteiger partial charge < -0.3 is 5.11 Å². The van der Waals surface area contributed by atoms with Crippen molar-refractivity contribution >= 4 is 5.97 Å². The fraction of sp³-hybridized carbons (Fsp3) is 0.909. The van der Waals surface area contributed by atoms with E-state index in [1.165, 1.54) is 6.42 Å². The summed E-state index contributed by atoms with van der Waals surface area (Å²) < 4.78 is 0. The molecule has 1 N–H and O–H groups in total. The van der Waals surface area contributed by atoms with Crippen molar-refractivity contribution in [2.45, 2.75) is 46.1 Å². The normalized spacial score (nSPS) is 23.2. The molecule has 1 rings (SSSR count). The predicted molar refractivity (Wildman–Crippen MR) is 56.3 cm³/mol. The van der Waals surface area contributed by atoms with Gasteiger partial charge in [-0.1, -0.05) is 13.8 Å². The molecule has 3 heteroatoms. The highest BCUT2D eigenvalue weighted by Gasteiger charge is 2.39. The Hall–Kier alpha value is -0.570. The van der Waals surface area contributed by atoms with Crippen molar-refractivity contribution in [2.75, 3.05) is 13.1 Å². The molecule has 0 aromatic heterocycles. The first-order chi connectivity index (χ1) is 6.55. The highest BCUT2D eigenvalue weighted by molar-refractivity contribution is 5.74. The van der Waals surface area contributed by atoms with E-state index in [1.807, 2.05) is 13.8 Å². The third-order valence-electron chi connectivity index (χ3n) is 3.77. The van der Waals surface area contributed by atoms with Crippen LogP contribution in [0.2, 0.25) is 0 Å². The van der Waals surface area contributed by atoms with Crippen LogP contribution in [-0.4, -0.2) is 35.1 Å². The van der Waals surface area contributed by atoms with E-state index in [0.717, 1.165) is 25.9 Å². The zero-order valence-electron chi connectivity index (χ0n) is 9.42. The van der Waals surface area contributed by atoms with Crippen LogP contribution in [-0.2, 0) is 4.79 Å². The van der Waals surface area contributed by atoms with Gasteiger partial charge in [0.25, 0.3) is 0 Å². The first kappa shape index (κ1) is 11.5. The summed E-state index contributed by atoms with van der Waals surface area (Å²) in [6.07, 6.45) is 2.66. The van der Waals surface area contributed by atoms with Crippen LogP contribution in [0.15, 0.2) is 0 Å². The van der Waals surface area contributed by atoms with Crippen molar-refractivity contribution in [1.29, 1.82) is 0 Å². The molecular formula is C11H21NO2. The highest BCUT2D eigenvalue weighted by atomic mass is 16.4.